The van der Waals surface area contributed by atoms with E-state index in [-0.39, 0.29) is 36.1 Å². The van der Waals surface area contributed by atoms with Crippen molar-refractivity contribution in [2.24, 2.45) is 10.4 Å². The molecule has 28 heavy (non-hydrogen) atoms. The summed E-state index contributed by atoms with van der Waals surface area (Å²) in [4.78, 5) is 21.2. The molecule has 0 bridgehead atoms. The molecule has 1 saturated carbocycles. The number of hydrogen-bond acceptors (Lipinski definition) is 6. The molecule has 2 heterocycles. The monoisotopic (exact) mass is 508 g/mol. The molecule has 0 aromatic rings. The van der Waals surface area contributed by atoms with E-state index >= 15 is 0 Å². The van der Waals surface area contributed by atoms with E-state index in [9.17, 15) is 4.79 Å². The molecule has 1 amide bonds. The van der Waals surface area contributed by atoms with Gasteiger partial charge in [0.1, 0.15) is 5.60 Å². The number of nitrogens with zero attached hydrogens (tertiary/aromatic N) is 3. The molecule has 1 atom stereocenters. The third kappa shape index (κ3) is 5.87. The second kappa shape index (κ2) is 9.82. The molecule has 0 radical (unpaired) electrons. The average Bonchev–Trinajstić information content (AvgIpc) is 2.97. The summed E-state index contributed by atoms with van der Waals surface area (Å²) in [6.45, 7) is 13.3. The average molecular weight is 508 g/mol. The minimum atomic E-state index is -0.453. The predicted octanol–water partition coefficient (Wildman–Crippen LogP) is 3.08. The highest BCUT2D eigenvalue weighted by molar-refractivity contribution is 14.0. The lowest BCUT2D eigenvalue weighted by Crippen LogP contribution is -2.58. The molecular weight excluding hydrogens is 471 g/mol. The van der Waals surface area contributed by atoms with Crippen molar-refractivity contribution in [3.05, 3.63) is 0 Å². The van der Waals surface area contributed by atoms with Crippen LogP contribution in [0.3, 0.4) is 0 Å². The van der Waals surface area contributed by atoms with E-state index in [0.717, 1.165) is 45.2 Å². The van der Waals surface area contributed by atoms with Crippen molar-refractivity contribution in [3.63, 3.8) is 0 Å². The highest BCUT2D eigenvalue weighted by Gasteiger charge is 2.39. The summed E-state index contributed by atoms with van der Waals surface area (Å²) < 4.78 is 11.1. The number of halogens is 1. The predicted molar refractivity (Wildman–Crippen MR) is 121 cm³/mol. The molecule has 3 rings (SSSR count). The number of amides is 1. The normalized spacial score (nSPS) is 23.3. The first-order chi connectivity index (χ1) is 12.8. The molecule has 1 N–H and O–H groups in total. The molecule has 0 spiro atoms. The number of ether oxygens (including phenoxy) is 2. The second-order valence-corrected chi connectivity index (χ2v) is 9.09. The second-order valence-electron chi connectivity index (χ2n) is 9.09. The van der Waals surface area contributed by atoms with Crippen molar-refractivity contribution in [2.45, 2.75) is 65.0 Å². The van der Waals surface area contributed by atoms with Crippen LogP contribution in [0.25, 0.3) is 0 Å². The van der Waals surface area contributed by atoms with E-state index < -0.39 is 5.60 Å². The summed E-state index contributed by atoms with van der Waals surface area (Å²) in [5.41, 5.74) is -0.0835. The van der Waals surface area contributed by atoms with E-state index in [1.807, 2.05) is 25.7 Å². The Labute approximate surface area is 186 Å². The van der Waals surface area contributed by atoms with E-state index in [4.69, 9.17) is 14.5 Å². The summed E-state index contributed by atoms with van der Waals surface area (Å²) >= 11 is 0. The number of guanidine groups is 1. The number of piperazine rings is 1. The van der Waals surface area contributed by atoms with Crippen molar-refractivity contribution in [1.29, 1.82) is 0 Å². The Bertz CT molecular complexity index is 560. The summed E-state index contributed by atoms with van der Waals surface area (Å²) in [5.74, 6) is 1.01. The Morgan fingerprint density at radius 3 is 2.68 bits per heavy atom. The van der Waals surface area contributed by atoms with E-state index in [1.165, 1.54) is 19.3 Å². The van der Waals surface area contributed by atoms with Crippen LogP contribution in [0.5, 0.6) is 0 Å². The SMILES string of the molecule is CCOCCC1(CNC2=NCC3CN(C(=O)OC(C)(C)C)CCN23)CCC1.I. The first-order valence-electron chi connectivity index (χ1n) is 10.4. The number of carbonyl (C=O) groups excluding carboxylic acids is 1. The molecule has 162 valence electrons. The fraction of sp³-hybridized carbons (Fsp3) is 0.900. The molecule has 2 fully saturated rings. The van der Waals surface area contributed by atoms with Crippen LogP contribution in [-0.2, 0) is 9.47 Å². The number of hydrogen-bond donors (Lipinski definition) is 1. The van der Waals surface area contributed by atoms with E-state index in [1.54, 1.807) is 0 Å². The molecule has 0 aromatic carbocycles. The molecular formula is C20H37IN4O3. The minimum absolute atomic E-state index is 0. The van der Waals surface area contributed by atoms with Crippen molar-refractivity contribution >= 4 is 36.0 Å². The molecule has 1 saturated heterocycles. The van der Waals surface area contributed by atoms with Gasteiger partial charge in [0.2, 0.25) is 0 Å². The molecule has 1 unspecified atom stereocenters. The maximum absolute atomic E-state index is 12.3. The summed E-state index contributed by atoms with van der Waals surface area (Å²) in [5, 5.41) is 3.62. The molecule has 7 nitrogen and oxygen atoms in total. The highest BCUT2D eigenvalue weighted by Crippen LogP contribution is 2.43. The highest BCUT2D eigenvalue weighted by atomic mass is 127. The van der Waals surface area contributed by atoms with Gasteiger partial charge < -0.3 is 24.6 Å². The van der Waals surface area contributed by atoms with Crippen LogP contribution in [-0.4, -0.2) is 79.4 Å². The van der Waals surface area contributed by atoms with Crippen LogP contribution in [0.4, 0.5) is 4.79 Å². The van der Waals surface area contributed by atoms with E-state index in [0.29, 0.717) is 18.5 Å². The third-order valence-corrected chi connectivity index (χ3v) is 5.87. The van der Waals surface area contributed by atoms with E-state index in [2.05, 4.69) is 17.1 Å². The van der Waals surface area contributed by atoms with Crippen molar-refractivity contribution in [1.82, 2.24) is 15.1 Å². The lowest BCUT2D eigenvalue weighted by molar-refractivity contribution is 0.0136. The Morgan fingerprint density at radius 2 is 2.07 bits per heavy atom. The standard InChI is InChI=1S/C20H36N4O3.HI/c1-5-26-12-9-20(7-6-8-20)15-22-17-21-13-16-14-23(10-11-24(16)17)18(25)27-19(2,3)4;/h16H,5-15H2,1-4H3,(H,21,22);1H. The van der Waals surface area contributed by atoms with Gasteiger partial charge in [0.25, 0.3) is 0 Å². The van der Waals surface area contributed by atoms with Gasteiger partial charge >= 0.3 is 6.09 Å². The fourth-order valence-corrected chi connectivity index (χ4v) is 4.11. The van der Waals surface area contributed by atoms with Gasteiger partial charge in [0.15, 0.2) is 5.96 Å². The van der Waals surface area contributed by atoms with Crippen molar-refractivity contribution < 1.29 is 14.3 Å². The lowest BCUT2D eigenvalue weighted by Gasteiger charge is -2.44. The van der Waals surface area contributed by atoms with Crippen LogP contribution >= 0.6 is 24.0 Å². The van der Waals surface area contributed by atoms with Crippen molar-refractivity contribution in [3.8, 4) is 0 Å². The Kier molecular flexibility index (Phi) is 8.25. The van der Waals surface area contributed by atoms with Gasteiger partial charge in [0.05, 0.1) is 12.6 Å². The Hall–Kier alpha value is -0.770. The van der Waals surface area contributed by atoms with Gasteiger partial charge in [-0.1, -0.05) is 6.42 Å². The lowest BCUT2D eigenvalue weighted by atomic mass is 9.67. The topological polar surface area (TPSA) is 66.4 Å². The number of carbonyl (C=O) groups is 1. The van der Waals surface area contributed by atoms with Crippen LogP contribution in [0.1, 0.15) is 53.4 Å². The van der Waals surface area contributed by atoms with Crippen LogP contribution in [0, 0.1) is 5.41 Å². The summed E-state index contributed by atoms with van der Waals surface area (Å²) in [6.07, 6.45) is 4.77. The summed E-state index contributed by atoms with van der Waals surface area (Å²) in [6, 6.07) is 0.259. The molecule has 0 aromatic heterocycles. The van der Waals surface area contributed by atoms with Gasteiger partial charge in [-0.15, -0.1) is 24.0 Å². The quantitative estimate of drug-likeness (QED) is 0.442. The van der Waals surface area contributed by atoms with Crippen LogP contribution < -0.4 is 5.32 Å². The molecule has 8 heteroatoms. The number of nitrogens with one attached hydrogen (secondary N) is 1. The van der Waals surface area contributed by atoms with Crippen LogP contribution in [0.15, 0.2) is 4.99 Å². The van der Waals surface area contributed by atoms with Gasteiger partial charge in [-0.25, -0.2) is 4.79 Å². The molecule has 2 aliphatic heterocycles. The molecule has 3 aliphatic rings. The third-order valence-electron chi connectivity index (χ3n) is 5.87. The zero-order valence-corrected chi connectivity index (χ0v) is 20.2. The van der Waals surface area contributed by atoms with Gasteiger partial charge in [-0.3, -0.25) is 4.99 Å². The largest absolute Gasteiger partial charge is 0.444 e. The first-order valence-corrected chi connectivity index (χ1v) is 10.4. The minimum Gasteiger partial charge on any atom is -0.444 e. The fourth-order valence-electron chi connectivity index (χ4n) is 4.11. The zero-order valence-electron chi connectivity index (χ0n) is 17.8. The smallest absolute Gasteiger partial charge is 0.410 e. The number of rotatable bonds is 6. The van der Waals surface area contributed by atoms with Gasteiger partial charge in [-0.05, 0) is 52.4 Å². The maximum atomic E-state index is 12.3. The Balaban J connectivity index is 0.00000280. The maximum Gasteiger partial charge on any atom is 0.410 e. The number of aliphatic imine (C=N–C) groups is 1. The number of fused-ring (bicyclic) bond motifs is 1. The van der Waals surface area contributed by atoms with Crippen molar-refractivity contribution in [2.75, 3.05) is 45.9 Å². The first kappa shape index (κ1) is 23.5. The van der Waals surface area contributed by atoms with Gasteiger partial charge in [-0.2, -0.15) is 0 Å². The molecule has 1 aliphatic carbocycles. The zero-order chi connectivity index (χ0) is 19.5. The Morgan fingerprint density at radius 1 is 1.32 bits per heavy atom. The van der Waals surface area contributed by atoms with Gasteiger partial charge in [0, 0.05) is 39.4 Å². The summed E-state index contributed by atoms with van der Waals surface area (Å²) in [7, 11) is 0. The van der Waals surface area contributed by atoms with Crippen LogP contribution in [0.2, 0.25) is 0 Å².